The molecule has 1 saturated heterocycles. The van der Waals surface area contributed by atoms with Crippen LogP contribution in [0.2, 0.25) is 0 Å². The van der Waals surface area contributed by atoms with Crippen molar-refractivity contribution in [1.82, 2.24) is 20.0 Å². The van der Waals surface area contributed by atoms with Gasteiger partial charge in [-0.25, -0.2) is 9.97 Å². The fourth-order valence-corrected chi connectivity index (χ4v) is 4.02. The van der Waals surface area contributed by atoms with Crippen LogP contribution in [0.5, 0.6) is 0 Å². The first-order valence-corrected chi connectivity index (χ1v) is 11.1. The van der Waals surface area contributed by atoms with Crippen LogP contribution in [0.3, 0.4) is 0 Å². The number of nitrogens with two attached hydrogens (primary N) is 1. The van der Waals surface area contributed by atoms with Crippen molar-refractivity contribution in [3.8, 4) is 11.3 Å². The number of benzene rings is 2. The molecule has 0 spiro atoms. The number of nitrogens with zero attached hydrogens (tertiary/aromatic N) is 2. The molecule has 0 bridgehead atoms. The molecule has 1 aliphatic heterocycles. The highest BCUT2D eigenvalue weighted by atomic mass is 32.2. The average Bonchev–Trinajstić information content (AvgIpc) is 3.34. The van der Waals surface area contributed by atoms with E-state index in [1.807, 2.05) is 12.1 Å². The van der Waals surface area contributed by atoms with E-state index in [0.717, 1.165) is 23.4 Å². The second kappa shape index (κ2) is 9.80. The lowest BCUT2D eigenvalue weighted by Gasteiger charge is -2.12. The van der Waals surface area contributed by atoms with Crippen molar-refractivity contribution >= 4 is 35.3 Å². The summed E-state index contributed by atoms with van der Waals surface area (Å²) in [4.78, 5) is 33.3. The number of carbonyl (C=O) groups excluding carboxylic acids is 2. The predicted octanol–water partition coefficient (Wildman–Crippen LogP) is 3.55. The highest BCUT2D eigenvalue weighted by Gasteiger charge is 2.17. The van der Waals surface area contributed by atoms with Gasteiger partial charge in [0.2, 0.25) is 5.91 Å². The molecule has 2 heterocycles. The Labute approximate surface area is 190 Å². The average molecular weight is 449 g/mol. The molecule has 0 saturated carbocycles. The van der Waals surface area contributed by atoms with Crippen molar-refractivity contribution in [2.75, 3.05) is 17.6 Å². The van der Waals surface area contributed by atoms with Crippen molar-refractivity contribution in [3.63, 3.8) is 0 Å². The lowest BCUT2D eigenvalue weighted by molar-refractivity contribution is -0.117. The van der Waals surface area contributed by atoms with E-state index >= 15 is 0 Å². The molecule has 0 aliphatic carbocycles. The van der Waals surface area contributed by atoms with Crippen LogP contribution < -0.4 is 21.1 Å². The summed E-state index contributed by atoms with van der Waals surface area (Å²) >= 11 is 1.20. The molecular weight excluding hydrogens is 424 g/mol. The molecule has 8 nitrogen and oxygen atoms in total. The van der Waals surface area contributed by atoms with Gasteiger partial charge in [-0.15, -0.1) is 0 Å². The number of hydrogen-bond acceptors (Lipinski definition) is 7. The van der Waals surface area contributed by atoms with E-state index in [0.29, 0.717) is 17.4 Å². The van der Waals surface area contributed by atoms with Gasteiger partial charge >= 0.3 is 0 Å². The Hall–Kier alpha value is -3.43. The molecule has 4 rings (SSSR count). The fourth-order valence-electron chi connectivity index (χ4n) is 3.49. The standard InChI is InChI=1S/C23H24N6O2S/c1-14(30)29-32-18-10-8-17(9-11-18)27-23(31)21-22(24)26-13-20(28-21)16-6-4-15(5-7-16)19-3-2-12-25-19/h4-11,13,19,25H,2-3,12H2,1H3,(H2,24,26)(H,27,31)(H,29,30). The van der Waals surface area contributed by atoms with Crippen molar-refractivity contribution in [2.24, 2.45) is 0 Å². The number of hydrogen-bond donors (Lipinski definition) is 4. The summed E-state index contributed by atoms with van der Waals surface area (Å²) in [5, 5.41) is 6.27. The van der Waals surface area contributed by atoms with E-state index < -0.39 is 5.91 Å². The maximum atomic E-state index is 12.8. The Morgan fingerprint density at radius 3 is 2.53 bits per heavy atom. The van der Waals surface area contributed by atoms with Crippen LogP contribution in [0.25, 0.3) is 11.3 Å². The summed E-state index contributed by atoms with van der Waals surface area (Å²) < 4.78 is 2.65. The van der Waals surface area contributed by atoms with Crippen LogP contribution in [-0.2, 0) is 4.79 Å². The van der Waals surface area contributed by atoms with Gasteiger partial charge in [0.05, 0.1) is 11.9 Å². The first kappa shape index (κ1) is 21.8. The van der Waals surface area contributed by atoms with Gasteiger partial charge in [-0.2, -0.15) is 0 Å². The van der Waals surface area contributed by atoms with E-state index in [9.17, 15) is 9.59 Å². The zero-order chi connectivity index (χ0) is 22.5. The summed E-state index contributed by atoms with van der Waals surface area (Å²) in [6, 6.07) is 15.6. The van der Waals surface area contributed by atoms with Gasteiger partial charge in [0, 0.05) is 29.1 Å². The zero-order valence-electron chi connectivity index (χ0n) is 17.6. The van der Waals surface area contributed by atoms with Gasteiger partial charge in [0.15, 0.2) is 11.5 Å². The summed E-state index contributed by atoms with van der Waals surface area (Å²) in [5.41, 5.74) is 9.28. The lowest BCUT2D eigenvalue weighted by atomic mass is 10.0. The summed E-state index contributed by atoms with van der Waals surface area (Å²) in [7, 11) is 0. The molecule has 9 heteroatoms. The molecular formula is C23H24N6O2S. The molecule has 2 amide bonds. The third kappa shape index (κ3) is 5.24. The van der Waals surface area contributed by atoms with Crippen LogP contribution >= 0.6 is 11.9 Å². The minimum absolute atomic E-state index is 0.0656. The van der Waals surface area contributed by atoms with E-state index in [1.54, 1.807) is 30.5 Å². The largest absolute Gasteiger partial charge is 0.382 e. The first-order chi connectivity index (χ1) is 15.5. The Bertz CT molecular complexity index is 1110. The lowest BCUT2D eigenvalue weighted by Crippen LogP contribution is -2.17. The minimum Gasteiger partial charge on any atom is -0.382 e. The third-order valence-electron chi connectivity index (χ3n) is 5.11. The number of carbonyl (C=O) groups is 2. The Balaban J connectivity index is 1.47. The van der Waals surface area contributed by atoms with Crippen molar-refractivity contribution < 1.29 is 9.59 Å². The maximum absolute atomic E-state index is 12.8. The van der Waals surface area contributed by atoms with Crippen LogP contribution in [-0.4, -0.2) is 28.3 Å². The van der Waals surface area contributed by atoms with Gasteiger partial charge < -0.3 is 16.4 Å². The SMILES string of the molecule is CC(=O)NSc1ccc(NC(=O)c2nc(-c3ccc(C4CCCN4)cc3)cnc2N)cc1. The topological polar surface area (TPSA) is 122 Å². The van der Waals surface area contributed by atoms with Crippen LogP contribution in [0.4, 0.5) is 11.5 Å². The molecule has 32 heavy (non-hydrogen) atoms. The third-order valence-corrected chi connectivity index (χ3v) is 6.01. The number of nitrogens with one attached hydrogen (secondary N) is 3. The van der Waals surface area contributed by atoms with Crippen LogP contribution in [0.15, 0.2) is 59.6 Å². The van der Waals surface area contributed by atoms with Gasteiger partial charge in [0.25, 0.3) is 5.91 Å². The zero-order valence-corrected chi connectivity index (χ0v) is 18.4. The molecule has 2 aromatic carbocycles. The molecule has 1 aliphatic rings. The van der Waals surface area contributed by atoms with Crippen LogP contribution in [0, 0.1) is 0 Å². The number of nitrogen functional groups attached to an aromatic ring is 1. The highest BCUT2D eigenvalue weighted by molar-refractivity contribution is 7.98. The second-order valence-electron chi connectivity index (χ2n) is 7.50. The summed E-state index contributed by atoms with van der Waals surface area (Å²) in [6.07, 6.45) is 3.90. The smallest absolute Gasteiger partial charge is 0.278 e. The quantitative estimate of drug-likeness (QED) is 0.425. The Kier molecular flexibility index (Phi) is 6.67. The highest BCUT2D eigenvalue weighted by Crippen LogP contribution is 2.26. The van der Waals surface area contributed by atoms with Gasteiger partial charge in [-0.1, -0.05) is 24.3 Å². The van der Waals surface area contributed by atoms with E-state index in [1.165, 1.54) is 30.9 Å². The molecule has 3 aromatic rings. The molecule has 1 unspecified atom stereocenters. The number of anilines is 2. The minimum atomic E-state index is -0.439. The molecule has 0 radical (unpaired) electrons. The van der Waals surface area contributed by atoms with Gasteiger partial charge in [0.1, 0.15) is 0 Å². The Morgan fingerprint density at radius 1 is 1.12 bits per heavy atom. The van der Waals surface area contributed by atoms with Crippen molar-refractivity contribution in [2.45, 2.75) is 30.7 Å². The molecule has 1 atom stereocenters. The second-order valence-corrected chi connectivity index (χ2v) is 8.38. The molecule has 1 fully saturated rings. The number of amides is 2. The van der Waals surface area contributed by atoms with E-state index in [-0.39, 0.29) is 17.4 Å². The fraction of sp³-hybridized carbons (Fsp3) is 0.217. The predicted molar refractivity (Wildman–Crippen MR) is 126 cm³/mol. The summed E-state index contributed by atoms with van der Waals surface area (Å²) in [6.45, 7) is 2.49. The van der Waals surface area contributed by atoms with E-state index in [4.69, 9.17) is 5.73 Å². The molecule has 5 N–H and O–H groups in total. The number of rotatable bonds is 6. The molecule has 164 valence electrons. The number of aromatic nitrogens is 2. The van der Waals surface area contributed by atoms with Crippen LogP contribution in [0.1, 0.15) is 41.9 Å². The van der Waals surface area contributed by atoms with Gasteiger partial charge in [-0.3, -0.25) is 14.3 Å². The van der Waals surface area contributed by atoms with Crippen molar-refractivity contribution in [1.29, 1.82) is 0 Å². The summed E-state index contributed by atoms with van der Waals surface area (Å²) in [5.74, 6) is -0.507. The normalized spacial score (nSPS) is 15.3. The Morgan fingerprint density at radius 2 is 1.88 bits per heavy atom. The first-order valence-electron chi connectivity index (χ1n) is 10.3. The van der Waals surface area contributed by atoms with Gasteiger partial charge in [-0.05, 0) is 61.2 Å². The monoisotopic (exact) mass is 448 g/mol. The maximum Gasteiger partial charge on any atom is 0.278 e. The molecule has 1 aromatic heterocycles. The van der Waals surface area contributed by atoms with Crippen molar-refractivity contribution in [3.05, 3.63) is 66.0 Å². The van der Waals surface area contributed by atoms with E-state index in [2.05, 4.69) is 37.5 Å².